The standard InChI is InChI=1S/C17H19N5O2/c1-20-7-3-4-15(20)16-11-24-9-8-22(16)17(23)12-5-6-14-13(10-12)18-19-21(14)2/h3-7,10,16H,8-9,11H2,1-2H3/t16-/m1/s1. The van der Waals surface area contributed by atoms with Gasteiger partial charge in [0.25, 0.3) is 5.91 Å². The number of hydrogen-bond donors (Lipinski definition) is 0. The molecule has 3 heterocycles. The van der Waals surface area contributed by atoms with Gasteiger partial charge in [-0.2, -0.15) is 0 Å². The molecule has 0 bridgehead atoms. The second kappa shape index (κ2) is 5.76. The van der Waals surface area contributed by atoms with Gasteiger partial charge in [0.15, 0.2) is 0 Å². The molecule has 1 fully saturated rings. The van der Waals surface area contributed by atoms with Crippen molar-refractivity contribution >= 4 is 16.9 Å². The molecule has 3 aromatic rings. The van der Waals surface area contributed by atoms with Crippen molar-refractivity contribution < 1.29 is 9.53 Å². The highest BCUT2D eigenvalue weighted by molar-refractivity contribution is 5.97. The highest BCUT2D eigenvalue weighted by Crippen LogP contribution is 2.26. The van der Waals surface area contributed by atoms with Crippen LogP contribution >= 0.6 is 0 Å². The number of nitrogens with zero attached hydrogens (tertiary/aromatic N) is 5. The molecule has 0 spiro atoms. The van der Waals surface area contributed by atoms with E-state index in [1.165, 1.54) is 0 Å². The lowest BCUT2D eigenvalue weighted by molar-refractivity contribution is -0.00462. The third-order valence-electron chi connectivity index (χ3n) is 4.57. The molecule has 7 heteroatoms. The molecular weight excluding hydrogens is 306 g/mol. The lowest BCUT2D eigenvalue weighted by Gasteiger charge is -2.36. The van der Waals surface area contributed by atoms with Crippen LogP contribution in [0.2, 0.25) is 0 Å². The molecule has 1 atom stereocenters. The molecule has 2 aromatic heterocycles. The van der Waals surface area contributed by atoms with Gasteiger partial charge in [0.2, 0.25) is 0 Å². The molecule has 0 unspecified atom stereocenters. The second-order valence-electron chi connectivity index (χ2n) is 6.05. The van der Waals surface area contributed by atoms with Gasteiger partial charge in [-0.3, -0.25) is 4.79 Å². The number of ether oxygens (including phenoxy) is 1. The maximum absolute atomic E-state index is 13.1. The maximum Gasteiger partial charge on any atom is 0.254 e. The summed E-state index contributed by atoms with van der Waals surface area (Å²) in [6, 6.07) is 9.47. The van der Waals surface area contributed by atoms with Gasteiger partial charge in [-0.15, -0.1) is 5.10 Å². The number of carbonyl (C=O) groups is 1. The molecule has 1 aliphatic rings. The first-order valence-electron chi connectivity index (χ1n) is 7.94. The average molecular weight is 325 g/mol. The minimum absolute atomic E-state index is 0.00273. The van der Waals surface area contributed by atoms with Crippen molar-refractivity contribution in [3.05, 3.63) is 47.8 Å². The van der Waals surface area contributed by atoms with E-state index in [9.17, 15) is 4.79 Å². The lowest BCUT2D eigenvalue weighted by Crippen LogP contribution is -2.44. The number of benzene rings is 1. The Morgan fingerprint density at radius 3 is 2.96 bits per heavy atom. The summed E-state index contributed by atoms with van der Waals surface area (Å²) < 4.78 is 9.35. The first-order chi connectivity index (χ1) is 11.6. The molecule has 24 heavy (non-hydrogen) atoms. The molecule has 124 valence electrons. The third-order valence-corrected chi connectivity index (χ3v) is 4.57. The molecule has 1 aromatic carbocycles. The van der Waals surface area contributed by atoms with E-state index in [0.717, 1.165) is 16.7 Å². The molecule has 0 N–H and O–H groups in total. The fraction of sp³-hybridized carbons (Fsp3) is 0.353. The molecule has 0 aliphatic carbocycles. The van der Waals surface area contributed by atoms with Crippen molar-refractivity contribution in [3.63, 3.8) is 0 Å². The Kier molecular flexibility index (Phi) is 3.57. The Labute approximate surface area is 139 Å². The minimum atomic E-state index is -0.0798. The number of morpholine rings is 1. The molecule has 4 rings (SSSR count). The lowest BCUT2D eigenvalue weighted by atomic mass is 10.1. The number of fused-ring (bicyclic) bond motifs is 1. The Morgan fingerprint density at radius 1 is 1.29 bits per heavy atom. The Balaban J connectivity index is 1.68. The first-order valence-corrected chi connectivity index (χ1v) is 7.94. The Hall–Kier alpha value is -2.67. The second-order valence-corrected chi connectivity index (χ2v) is 6.05. The topological polar surface area (TPSA) is 65.2 Å². The molecule has 1 aliphatic heterocycles. The van der Waals surface area contributed by atoms with E-state index in [1.54, 1.807) is 4.68 Å². The van der Waals surface area contributed by atoms with Gasteiger partial charge in [-0.1, -0.05) is 5.21 Å². The maximum atomic E-state index is 13.1. The van der Waals surface area contributed by atoms with Gasteiger partial charge < -0.3 is 14.2 Å². The monoisotopic (exact) mass is 325 g/mol. The van der Waals surface area contributed by atoms with Crippen molar-refractivity contribution in [3.8, 4) is 0 Å². The fourth-order valence-electron chi connectivity index (χ4n) is 3.25. The minimum Gasteiger partial charge on any atom is -0.377 e. The predicted octanol–water partition coefficient (Wildman–Crippen LogP) is 1.52. The van der Waals surface area contributed by atoms with Crippen LogP contribution in [0.15, 0.2) is 36.5 Å². The summed E-state index contributed by atoms with van der Waals surface area (Å²) in [5.74, 6) is -0.00273. The van der Waals surface area contributed by atoms with Crippen LogP contribution in [-0.4, -0.2) is 50.1 Å². The zero-order chi connectivity index (χ0) is 16.7. The SMILES string of the molecule is Cn1cccc1[C@H]1COCCN1C(=O)c1ccc2c(c1)nnn2C. The van der Waals surface area contributed by atoms with E-state index in [1.807, 2.05) is 60.1 Å². The number of aryl methyl sites for hydroxylation is 2. The van der Waals surface area contributed by atoms with Gasteiger partial charge in [0, 0.05) is 38.1 Å². The molecule has 0 radical (unpaired) electrons. The van der Waals surface area contributed by atoms with Gasteiger partial charge in [-0.05, 0) is 30.3 Å². The summed E-state index contributed by atoms with van der Waals surface area (Å²) in [5, 5.41) is 8.10. The summed E-state index contributed by atoms with van der Waals surface area (Å²) in [4.78, 5) is 15.0. The first kappa shape index (κ1) is 14.9. The largest absolute Gasteiger partial charge is 0.377 e. The number of hydrogen-bond acceptors (Lipinski definition) is 4. The zero-order valence-electron chi connectivity index (χ0n) is 13.7. The van der Waals surface area contributed by atoms with Crippen LogP contribution in [0.25, 0.3) is 11.0 Å². The van der Waals surface area contributed by atoms with E-state index in [2.05, 4.69) is 10.3 Å². The molecule has 0 saturated carbocycles. The highest BCUT2D eigenvalue weighted by Gasteiger charge is 2.30. The summed E-state index contributed by atoms with van der Waals surface area (Å²) in [5.41, 5.74) is 3.34. The van der Waals surface area contributed by atoms with Crippen LogP contribution < -0.4 is 0 Å². The molecule has 7 nitrogen and oxygen atoms in total. The van der Waals surface area contributed by atoms with E-state index in [0.29, 0.717) is 25.3 Å². The van der Waals surface area contributed by atoms with E-state index >= 15 is 0 Å². The van der Waals surface area contributed by atoms with Crippen LogP contribution in [0.3, 0.4) is 0 Å². The van der Waals surface area contributed by atoms with Gasteiger partial charge >= 0.3 is 0 Å². The van der Waals surface area contributed by atoms with Crippen molar-refractivity contribution in [2.24, 2.45) is 14.1 Å². The van der Waals surface area contributed by atoms with Gasteiger partial charge in [-0.25, -0.2) is 4.68 Å². The van der Waals surface area contributed by atoms with Gasteiger partial charge in [0.1, 0.15) is 5.52 Å². The van der Waals surface area contributed by atoms with Crippen LogP contribution in [0.4, 0.5) is 0 Å². The molecule has 1 amide bonds. The number of carbonyl (C=O) groups excluding carboxylic acids is 1. The van der Waals surface area contributed by atoms with Crippen LogP contribution in [-0.2, 0) is 18.8 Å². The predicted molar refractivity (Wildman–Crippen MR) is 88.5 cm³/mol. The van der Waals surface area contributed by atoms with Crippen molar-refractivity contribution in [1.29, 1.82) is 0 Å². The van der Waals surface area contributed by atoms with Crippen LogP contribution in [0.1, 0.15) is 22.1 Å². The van der Waals surface area contributed by atoms with E-state index in [-0.39, 0.29) is 11.9 Å². The average Bonchev–Trinajstić information content (AvgIpc) is 3.20. The molecular formula is C17H19N5O2. The summed E-state index contributed by atoms with van der Waals surface area (Å²) >= 11 is 0. The Bertz CT molecular complexity index is 897. The van der Waals surface area contributed by atoms with Crippen LogP contribution in [0.5, 0.6) is 0 Å². The van der Waals surface area contributed by atoms with E-state index in [4.69, 9.17) is 4.74 Å². The van der Waals surface area contributed by atoms with Gasteiger partial charge in [0.05, 0.1) is 24.8 Å². The number of amides is 1. The van der Waals surface area contributed by atoms with Crippen molar-refractivity contribution in [1.82, 2.24) is 24.5 Å². The summed E-state index contributed by atoms with van der Waals surface area (Å²) in [7, 11) is 3.82. The fourth-order valence-corrected chi connectivity index (χ4v) is 3.25. The number of rotatable bonds is 2. The summed E-state index contributed by atoms with van der Waals surface area (Å²) in [6.07, 6.45) is 1.98. The normalized spacial score (nSPS) is 18.2. The number of aromatic nitrogens is 4. The van der Waals surface area contributed by atoms with Crippen molar-refractivity contribution in [2.75, 3.05) is 19.8 Å². The van der Waals surface area contributed by atoms with Crippen molar-refractivity contribution in [2.45, 2.75) is 6.04 Å². The third kappa shape index (κ3) is 2.37. The van der Waals surface area contributed by atoms with E-state index < -0.39 is 0 Å². The Morgan fingerprint density at radius 2 is 2.17 bits per heavy atom. The summed E-state index contributed by atoms with van der Waals surface area (Å²) in [6.45, 7) is 1.64. The quantitative estimate of drug-likeness (QED) is 0.716. The highest BCUT2D eigenvalue weighted by atomic mass is 16.5. The molecule has 1 saturated heterocycles. The van der Waals surface area contributed by atoms with Crippen LogP contribution in [0, 0.1) is 0 Å². The smallest absolute Gasteiger partial charge is 0.254 e. The zero-order valence-corrected chi connectivity index (χ0v) is 13.7.